The van der Waals surface area contributed by atoms with E-state index >= 15 is 0 Å². The number of aromatic nitrogens is 1. The lowest BCUT2D eigenvalue weighted by atomic mass is 9.72. The van der Waals surface area contributed by atoms with Crippen molar-refractivity contribution in [1.29, 1.82) is 0 Å². The van der Waals surface area contributed by atoms with Gasteiger partial charge in [-0.15, -0.1) is 0 Å². The van der Waals surface area contributed by atoms with E-state index in [1.807, 2.05) is 24.4 Å². The molecule has 0 saturated heterocycles. The molecule has 0 radical (unpaired) electrons. The Labute approximate surface area is 120 Å². The van der Waals surface area contributed by atoms with Gasteiger partial charge in [0.05, 0.1) is 5.69 Å². The minimum atomic E-state index is -0.256. The van der Waals surface area contributed by atoms with Crippen molar-refractivity contribution in [2.75, 3.05) is 0 Å². The minimum Gasteiger partial charge on any atom is -0.370 e. The van der Waals surface area contributed by atoms with Gasteiger partial charge in [-0.2, -0.15) is 0 Å². The van der Waals surface area contributed by atoms with Crippen molar-refractivity contribution in [3.05, 3.63) is 42.2 Å². The van der Waals surface area contributed by atoms with Gasteiger partial charge in [0.1, 0.15) is 0 Å². The van der Waals surface area contributed by atoms with Crippen molar-refractivity contribution in [2.24, 2.45) is 11.1 Å². The van der Waals surface area contributed by atoms with Crippen LogP contribution in [0.5, 0.6) is 0 Å². The summed E-state index contributed by atoms with van der Waals surface area (Å²) in [6.45, 7) is 6.32. The summed E-state index contributed by atoms with van der Waals surface area (Å²) in [5.41, 5.74) is 6.27. The Hall–Kier alpha value is -1.90. The number of amides is 1. The monoisotopic (exact) mass is 270 g/mol. The second-order valence-corrected chi connectivity index (χ2v) is 6.01. The van der Waals surface area contributed by atoms with Gasteiger partial charge in [-0.05, 0) is 23.3 Å². The lowest BCUT2D eigenvalue weighted by Gasteiger charge is -2.33. The van der Waals surface area contributed by atoms with Crippen LogP contribution in [0.4, 0.5) is 0 Å². The molecule has 2 N–H and O–H groups in total. The number of pyridine rings is 1. The van der Waals surface area contributed by atoms with Crippen molar-refractivity contribution >= 4 is 16.7 Å². The summed E-state index contributed by atoms with van der Waals surface area (Å²) in [6.07, 6.45) is 3.15. The second-order valence-electron chi connectivity index (χ2n) is 6.01. The Morgan fingerprint density at radius 3 is 2.65 bits per heavy atom. The molecular formula is C17H22N2O. The lowest BCUT2D eigenvalue weighted by Crippen LogP contribution is -2.29. The van der Waals surface area contributed by atoms with Gasteiger partial charge >= 0.3 is 0 Å². The highest BCUT2D eigenvalue weighted by atomic mass is 16.1. The number of fused-ring (bicyclic) bond motifs is 1. The molecule has 20 heavy (non-hydrogen) atoms. The van der Waals surface area contributed by atoms with Crippen molar-refractivity contribution in [1.82, 2.24) is 4.98 Å². The molecule has 1 aromatic heterocycles. The molecule has 2 rings (SSSR count). The molecule has 0 aliphatic heterocycles. The highest BCUT2D eigenvalue weighted by molar-refractivity contribution is 5.85. The third kappa shape index (κ3) is 2.82. The van der Waals surface area contributed by atoms with Crippen LogP contribution in [-0.4, -0.2) is 10.9 Å². The summed E-state index contributed by atoms with van der Waals surface area (Å²) < 4.78 is 0. The van der Waals surface area contributed by atoms with Crippen LogP contribution in [-0.2, 0) is 4.79 Å². The van der Waals surface area contributed by atoms with Crippen LogP contribution in [0.15, 0.2) is 36.5 Å². The first-order valence-electron chi connectivity index (χ1n) is 7.07. The molecule has 1 unspecified atom stereocenters. The molecule has 1 aromatic carbocycles. The normalized spacial score (nSPS) is 13.3. The standard InChI is InChI=1S/C17H22N2O/c1-4-14(17(2,3)11-15(18)20)16-13-8-6-5-7-12(13)9-10-19-16/h5-10,14H,4,11H2,1-3H3,(H2,18,20). The van der Waals surface area contributed by atoms with Gasteiger partial charge in [-0.1, -0.05) is 45.0 Å². The van der Waals surface area contributed by atoms with E-state index in [1.54, 1.807) is 0 Å². The number of primary amides is 1. The zero-order valence-corrected chi connectivity index (χ0v) is 12.4. The molecule has 0 aliphatic carbocycles. The van der Waals surface area contributed by atoms with Crippen LogP contribution in [0.2, 0.25) is 0 Å². The molecule has 2 aromatic rings. The number of hydrogen-bond acceptors (Lipinski definition) is 2. The molecule has 0 saturated carbocycles. The van der Waals surface area contributed by atoms with Crippen molar-refractivity contribution in [2.45, 2.75) is 39.5 Å². The van der Waals surface area contributed by atoms with E-state index in [0.717, 1.165) is 12.1 Å². The van der Waals surface area contributed by atoms with Crippen molar-refractivity contribution in [3.8, 4) is 0 Å². The first kappa shape index (κ1) is 14.5. The molecule has 0 spiro atoms. The van der Waals surface area contributed by atoms with Gasteiger partial charge < -0.3 is 5.73 Å². The molecule has 3 heteroatoms. The smallest absolute Gasteiger partial charge is 0.217 e. The Morgan fingerprint density at radius 2 is 2.00 bits per heavy atom. The van der Waals surface area contributed by atoms with Gasteiger partial charge in [0.2, 0.25) is 5.91 Å². The summed E-state index contributed by atoms with van der Waals surface area (Å²) >= 11 is 0. The quantitative estimate of drug-likeness (QED) is 0.902. The number of benzene rings is 1. The zero-order chi connectivity index (χ0) is 14.8. The summed E-state index contributed by atoms with van der Waals surface area (Å²) in [7, 11) is 0. The number of nitrogens with two attached hydrogens (primary N) is 1. The van der Waals surface area contributed by atoms with E-state index in [1.165, 1.54) is 10.8 Å². The van der Waals surface area contributed by atoms with E-state index in [4.69, 9.17) is 5.73 Å². The zero-order valence-electron chi connectivity index (χ0n) is 12.4. The summed E-state index contributed by atoms with van der Waals surface area (Å²) in [5.74, 6) is -0.0465. The molecule has 0 fully saturated rings. The fourth-order valence-electron chi connectivity index (χ4n) is 3.11. The van der Waals surface area contributed by atoms with Gasteiger partial charge in [0, 0.05) is 23.9 Å². The first-order valence-corrected chi connectivity index (χ1v) is 7.07. The minimum absolute atomic E-state index is 0.197. The fourth-order valence-corrected chi connectivity index (χ4v) is 3.11. The third-order valence-corrected chi connectivity index (χ3v) is 4.02. The maximum atomic E-state index is 11.3. The number of hydrogen-bond donors (Lipinski definition) is 1. The summed E-state index contributed by atoms with van der Waals surface area (Å²) in [6, 6.07) is 10.3. The highest BCUT2D eigenvalue weighted by Crippen LogP contribution is 2.41. The van der Waals surface area contributed by atoms with Gasteiger partial charge in [-0.25, -0.2) is 0 Å². The maximum absolute atomic E-state index is 11.3. The number of nitrogens with zero attached hydrogens (tertiary/aromatic N) is 1. The molecule has 0 bridgehead atoms. The molecule has 3 nitrogen and oxygen atoms in total. The van der Waals surface area contributed by atoms with E-state index in [0.29, 0.717) is 6.42 Å². The summed E-state index contributed by atoms with van der Waals surface area (Å²) in [5, 5.41) is 2.35. The lowest BCUT2D eigenvalue weighted by molar-refractivity contribution is -0.120. The van der Waals surface area contributed by atoms with Gasteiger partial charge in [-0.3, -0.25) is 9.78 Å². The highest BCUT2D eigenvalue weighted by Gasteiger charge is 2.32. The van der Waals surface area contributed by atoms with Crippen molar-refractivity contribution < 1.29 is 4.79 Å². The molecule has 0 aliphatic rings. The Kier molecular flexibility index (Phi) is 4.07. The topological polar surface area (TPSA) is 56.0 Å². The number of rotatable bonds is 5. The first-order chi connectivity index (χ1) is 9.45. The molecular weight excluding hydrogens is 248 g/mol. The summed E-state index contributed by atoms with van der Waals surface area (Å²) in [4.78, 5) is 15.9. The SMILES string of the molecule is CCC(c1nccc2ccccc12)C(C)(C)CC(N)=O. The van der Waals surface area contributed by atoms with Crippen molar-refractivity contribution in [3.63, 3.8) is 0 Å². The maximum Gasteiger partial charge on any atom is 0.217 e. The van der Waals surface area contributed by atoms with Crippen LogP contribution >= 0.6 is 0 Å². The Balaban J connectivity index is 2.52. The van der Waals surface area contributed by atoms with E-state index < -0.39 is 0 Å². The molecule has 1 amide bonds. The third-order valence-electron chi connectivity index (χ3n) is 4.02. The Bertz CT molecular complexity index is 614. The van der Waals surface area contributed by atoms with Crippen LogP contribution in [0.3, 0.4) is 0 Å². The average molecular weight is 270 g/mol. The number of carbonyl (C=O) groups excluding carboxylic acids is 1. The molecule has 106 valence electrons. The average Bonchev–Trinajstić information content (AvgIpc) is 2.38. The molecule has 1 heterocycles. The second kappa shape index (κ2) is 5.61. The predicted octanol–water partition coefficient (Wildman–Crippen LogP) is 3.63. The van der Waals surface area contributed by atoms with E-state index in [9.17, 15) is 4.79 Å². The number of carbonyl (C=O) groups is 1. The Morgan fingerprint density at radius 1 is 1.30 bits per heavy atom. The largest absolute Gasteiger partial charge is 0.370 e. The fraction of sp³-hybridized carbons (Fsp3) is 0.412. The van der Waals surface area contributed by atoms with E-state index in [-0.39, 0.29) is 17.2 Å². The van der Waals surface area contributed by atoms with Crippen LogP contribution in [0, 0.1) is 5.41 Å². The van der Waals surface area contributed by atoms with Crippen LogP contribution in [0.1, 0.15) is 45.2 Å². The van der Waals surface area contributed by atoms with Crippen LogP contribution in [0.25, 0.3) is 10.8 Å². The van der Waals surface area contributed by atoms with Gasteiger partial charge in [0.15, 0.2) is 0 Å². The van der Waals surface area contributed by atoms with E-state index in [2.05, 4.69) is 37.9 Å². The molecule has 1 atom stereocenters. The van der Waals surface area contributed by atoms with Gasteiger partial charge in [0.25, 0.3) is 0 Å². The predicted molar refractivity (Wildman–Crippen MR) is 82.4 cm³/mol. The van der Waals surface area contributed by atoms with Crippen LogP contribution < -0.4 is 5.73 Å².